The van der Waals surface area contributed by atoms with E-state index in [9.17, 15) is 0 Å². The van der Waals surface area contributed by atoms with Gasteiger partial charge in [-0.05, 0) is 26.3 Å². The van der Waals surface area contributed by atoms with Crippen molar-refractivity contribution in [1.82, 2.24) is 0 Å². The fraction of sp³-hybridized carbons (Fsp3) is 0.385. The summed E-state index contributed by atoms with van der Waals surface area (Å²) >= 11 is 0. The Hall–Kier alpha value is -1.26. The molecule has 0 fully saturated rings. The molecule has 0 saturated heterocycles. The Labute approximate surface area is 86.1 Å². The van der Waals surface area contributed by atoms with Crippen LogP contribution < -0.4 is 0 Å². The van der Waals surface area contributed by atoms with Crippen LogP contribution in [0.2, 0.25) is 0 Å². The molecule has 0 aliphatic carbocycles. The molecule has 14 heavy (non-hydrogen) atoms. The zero-order valence-electron chi connectivity index (χ0n) is 9.00. The summed E-state index contributed by atoms with van der Waals surface area (Å²) in [5, 5.41) is 0. The maximum absolute atomic E-state index is 5.68. The van der Waals surface area contributed by atoms with Crippen molar-refractivity contribution in [2.24, 2.45) is 0 Å². The van der Waals surface area contributed by atoms with Gasteiger partial charge >= 0.3 is 0 Å². The average Bonchev–Trinajstić information content (AvgIpc) is 2.17. The summed E-state index contributed by atoms with van der Waals surface area (Å²) < 4.78 is 5.68. The summed E-state index contributed by atoms with van der Waals surface area (Å²) in [6.45, 7) is 6.40. The first kappa shape index (κ1) is 10.8. The van der Waals surface area contributed by atoms with Crippen molar-refractivity contribution in [3.05, 3.63) is 35.9 Å². The third-order valence-electron chi connectivity index (χ3n) is 1.87. The van der Waals surface area contributed by atoms with Crippen LogP contribution in [0.5, 0.6) is 0 Å². The van der Waals surface area contributed by atoms with E-state index in [1.165, 1.54) is 5.56 Å². The Morgan fingerprint density at radius 1 is 1.21 bits per heavy atom. The van der Waals surface area contributed by atoms with E-state index in [4.69, 9.17) is 4.74 Å². The van der Waals surface area contributed by atoms with Crippen molar-refractivity contribution in [3.8, 4) is 11.8 Å². The Bertz CT molecular complexity index is 327. The predicted molar refractivity (Wildman–Crippen MR) is 58.8 cm³/mol. The third-order valence-corrected chi connectivity index (χ3v) is 1.87. The van der Waals surface area contributed by atoms with Crippen LogP contribution in [0.15, 0.2) is 30.3 Å². The van der Waals surface area contributed by atoms with E-state index in [1.54, 1.807) is 0 Å². The predicted octanol–water partition coefficient (Wildman–Crippen LogP) is 3.01. The topological polar surface area (TPSA) is 9.23 Å². The van der Waals surface area contributed by atoms with Gasteiger partial charge in [0.1, 0.15) is 5.60 Å². The maximum atomic E-state index is 5.68. The molecule has 74 valence electrons. The van der Waals surface area contributed by atoms with Crippen molar-refractivity contribution in [2.45, 2.75) is 33.0 Å². The van der Waals surface area contributed by atoms with E-state index in [2.05, 4.69) is 24.0 Å². The molecule has 0 bridgehead atoms. The second kappa shape index (κ2) is 4.83. The summed E-state index contributed by atoms with van der Waals surface area (Å²) in [7, 11) is 0. The second-order valence-corrected chi connectivity index (χ2v) is 3.66. The minimum atomic E-state index is -0.357. The number of benzene rings is 1. The van der Waals surface area contributed by atoms with Crippen molar-refractivity contribution in [2.75, 3.05) is 0 Å². The first-order chi connectivity index (χ1) is 6.64. The molecular formula is C13H16O. The lowest BCUT2D eigenvalue weighted by molar-refractivity contribution is 0.0144. The summed E-state index contributed by atoms with van der Waals surface area (Å²) in [4.78, 5) is 0. The van der Waals surface area contributed by atoms with Gasteiger partial charge < -0.3 is 4.74 Å². The van der Waals surface area contributed by atoms with E-state index >= 15 is 0 Å². The number of ether oxygens (including phenoxy) is 1. The van der Waals surface area contributed by atoms with Crippen LogP contribution in [-0.2, 0) is 11.3 Å². The molecule has 0 heterocycles. The summed E-state index contributed by atoms with van der Waals surface area (Å²) in [6, 6.07) is 10.1. The highest BCUT2D eigenvalue weighted by Gasteiger charge is 2.13. The lowest BCUT2D eigenvalue weighted by Crippen LogP contribution is -2.21. The highest BCUT2D eigenvalue weighted by atomic mass is 16.5. The molecule has 1 aromatic rings. The fourth-order valence-electron chi connectivity index (χ4n) is 1.18. The molecular weight excluding hydrogens is 172 g/mol. The fourth-order valence-corrected chi connectivity index (χ4v) is 1.18. The second-order valence-electron chi connectivity index (χ2n) is 3.66. The molecule has 0 atom stereocenters. The Morgan fingerprint density at radius 2 is 1.86 bits per heavy atom. The van der Waals surface area contributed by atoms with Crippen molar-refractivity contribution in [3.63, 3.8) is 0 Å². The molecule has 0 radical (unpaired) electrons. The van der Waals surface area contributed by atoms with Crippen molar-refractivity contribution in [1.29, 1.82) is 0 Å². The lowest BCUT2D eigenvalue weighted by atomic mass is 10.1. The quantitative estimate of drug-likeness (QED) is 0.662. The van der Waals surface area contributed by atoms with Crippen LogP contribution in [-0.4, -0.2) is 5.60 Å². The van der Waals surface area contributed by atoms with E-state index < -0.39 is 0 Å². The van der Waals surface area contributed by atoms with Gasteiger partial charge in [0.25, 0.3) is 0 Å². The van der Waals surface area contributed by atoms with Crippen LogP contribution in [0.25, 0.3) is 0 Å². The SMILES string of the molecule is CC#CC(C)(C)OCc1ccccc1. The molecule has 0 aliphatic heterocycles. The molecule has 1 heteroatoms. The zero-order valence-corrected chi connectivity index (χ0v) is 9.00. The van der Waals surface area contributed by atoms with Crippen LogP contribution >= 0.6 is 0 Å². The third kappa shape index (κ3) is 3.64. The van der Waals surface area contributed by atoms with Crippen LogP contribution in [0, 0.1) is 11.8 Å². The van der Waals surface area contributed by atoms with Gasteiger partial charge in [-0.25, -0.2) is 0 Å². The largest absolute Gasteiger partial charge is 0.358 e. The van der Waals surface area contributed by atoms with E-state index in [-0.39, 0.29) is 5.60 Å². The molecule has 0 saturated carbocycles. The van der Waals surface area contributed by atoms with E-state index in [0.717, 1.165) is 0 Å². The van der Waals surface area contributed by atoms with Crippen LogP contribution in [0.1, 0.15) is 26.3 Å². The standard InChI is InChI=1S/C13H16O/c1-4-10-13(2,3)14-11-12-8-6-5-7-9-12/h5-9H,11H2,1-3H3. The monoisotopic (exact) mass is 188 g/mol. The first-order valence-corrected chi connectivity index (χ1v) is 4.76. The molecule has 0 unspecified atom stereocenters. The van der Waals surface area contributed by atoms with Gasteiger partial charge in [-0.2, -0.15) is 0 Å². The highest BCUT2D eigenvalue weighted by molar-refractivity contribution is 5.15. The van der Waals surface area contributed by atoms with Gasteiger partial charge in [0.15, 0.2) is 0 Å². The number of hydrogen-bond donors (Lipinski definition) is 0. The maximum Gasteiger partial charge on any atom is 0.123 e. The van der Waals surface area contributed by atoms with Crippen molar-refractivity contribution < 1.29 is 4.74 Å². The van der Waals surface area contributed by atoms with Gasteiger partial charge in [-0.3, -0.25) is 0 Å². The normalized spacial score (nSPS) is 10.5. The van der Waals surface area contributed by atoms with Crippen LogP contribution in [0.3, 0.4) is 0 Å². The Balaban J connectivity index is 2.52. The molecule has 0 N–H and O–H groups in total. The minimum Gasteiger partial charge on any atom is -0.358 e. The molecule has 0 aliphatic rings. The summed E-state index contributed by atoms with van der Waals surface area (Å²) in [5.74, 6) is 5.89. The smallest absolute Gasteiger partial charge is 0.123 e. The molecule has 1 aromatic carbocycles. The Morgan fingerprint density at radius 3 is 2.43 bits per heavy atom. The number of rotatable bonds is 3. The first-order valence-electron chi connectivity index (χ1n) is 4.76. The minimum absolute atomic E-state index is 0.357. The van der Waals surface area contributed by atoms with Crippen LogP contribution in [0.4, 0.5) is 0 Å². The van der Waals surface area contributed by atoms with Gasteiger partial charge in [0, 0.05) is 0 Å². The number of hydrogen-bond acceptors (Lipinski definition) is 1. The van der Waals surface area contributed by atoms with E-state index in [1.807, 2.05) is 39.0 Å². The van der Waals surface area contributed by atoms with Gasteiger partial charge in [0.05, 0.1) is 6.61 Å². The van der Waals surface area contributed by atoms with Gasteiger partial charge in [0.2, 0.25) is 0 Å². The van der Waals surface area contributed by atoms with Gasteiger partial charge in [-0.1, -0.05) is 36.3 Å². The highest BCUT2D eigenvalue weighted by Crippen LogP contribution is 2.11. The summed E-state index contributed by atoms with van der Waals surface area (Å²) in [5.41, 5.74) is 0.823. The van der Waals surface area contributed by atoms with E-state index in [0.29, 0.717) is 6.61 Å². The lowest BCUT2D eigenvalue weighted by Gasteiger charge is -2.18. The van der Waals surface area contributed by atoms with Crippen molar-refractivity contribution >= 4 is 0 Å². The van der Waals surface area contributed by atoms with Gasteiger partial charge in [-0.15, -0.1) is 5.92 Å². The molecule has 1 rings (SSSR count). The Kier molecular flexibility index (Phi) is 3.73. The molecule has 0 spiro atoms. The summed E-state index contributed by atoms with van der Waals surface area (Å²) in [6.07, 6.45) is 0. The molecule has 0 amide bonds. The molecule has 0 aromatic heterocycles. The molecule has 1 nitrogen and oxygen atoms in total. The zero-order chi connectivity index (χ0) is 10.4. The average molecular weight is 188 g/mol.